The van der Waals surface area contributed by atoms with Gasteiger partial charge in [0.15, 0.2) is 11.7 Å². The summed E-state index contributed by atoms with van der Waals surface area (Å²) in [5.41, 5.74) is 1.76. The van der Waals surface area contributed by atoms with E-state index < -0.39 is 17.1 Å². The van der Waals surface area contributed by atoms with E-state index in [-0.39, 0.29) is 30.2 Å². The summed E-state index contributed by atoms with van der Waals surface area (Å²) in [6.07, 6.45) is 4.44. The highest BCUT2D eigenvalue weighted by Crippen LogP contribution is 2.32. The Balaban J connectivity index is 0.00000222. The van der Waals surface area contributed by atoms with E-state index in [1.165, 1.54) is 24.3 Å². The Morgan fingerprint density at radius 1 is 1.19 bits per heavy atom. The summed E-state index contributed by atoms with van der Waals surface area (Å²) in [5, 5.41) is 12.3. The number of carbonyl (C=O) groups is 1. The maximum Gasteiger partial charge on any atom is 0.251 e. The third kappa shape index (κ3) is 6.87. The molecule has 6 heteroatoms. The van der Waals surface area contributed by atoms with Crippen molar-refractivity contribution in [3.63, 3.8) is 0 Å². The highest BCUT2D eigenvalue weighted by Gasteiger charge is 2.33. The fourth-order valence-corrected chi connectivity index (χ4v) is 3.66. The number of rotatable bonds is 7. The molecular formula is C30H32F2N2O2. The first-order valence-electron chi connectivity index (χ1n) is 11.8. The van der Waals surface area contributed by atoms with Crippen LogP contribution in [0.2, 0.25) is 0 Å². The van der Waals surface area contributed by atoms with E-state index in [0.717, 1.165) is 11.1 Å². The minimum absolute atomic E-state index is 0.0154. The van der Waals surface area contributed by atoms with Gasteiger partial charge in [0.1, 0.15) is 5.41 Å². The number of hydrogen-bond acceptors (Lipinski definition) is 3. The molecule has 1 aliphatic heterocycles. The molecule has 0 aliphatic carbocycles. The maximum atomic E-state index is 14.8. The molecule has 36 heavy (non-hydrogen) atoms. The van der Waals surface area contributed by atoms with Gasteiger partial charge in [-0.1, -0.05) is 69.0 Å². The van der Waals surface area contributed by atoms with Gasteiger partial charge in [-0.3, -0.25) is 4.79 Å². The average molecular weight is 491 g/mol. The molecule has 2 aromatic carbocycles. The molecule has 0 bridgehead atoms. The third-order valence-corrected chi connectivity index (χ3v) is 5.52. The van der Waals surface area contributed by atoms with E-state index in [0.29, 0.717) is 17.7 Å². The molecule has 1 atom stereocenters. The topological polar surface area (TPSA) is 62.1 Å². The second-order valence-corrected chi connectivity index (χ2v) is 8.24. The van der Waals surface area contributed by atoms with Crippen LogP contribution in [-0.2, 0) is 16.8 Å². The van der Waals surface area contributed by atoms with Gasteiger partial charge < -0.3 is 10.1 Å². The zero-order valence-corrected chi connectivity index (χ0v) is 21.2. The molecule has 1 N–H and O–H groups in total. The van der Waals surface area contributed by atoms with Crippen molar-refractivity contribution in [3.05, 3.63) is 113 Å². The Morgan fingerprint density at radius 3 is 2.53 bits per heavy atom. The maximum absolute atomic E-state index is 14.8. The standard InChI is InChI=1S/C28H26F2N2O2.C2H6/c1-4-8-21(26(30)25(29)20-9-6-5-7-10-20)13-19(2)15-32-27(33)22-11-12-23-16-34-18-28(3,17-31)24(23)14-22;1-2/h4-14H,2,15-16,18H2,1,3H3,(H,32,33);1-2H3/b8-4-,21-13+,26-25+;/t28-;/m1./s1. The van der Waals surface area contributed by atoms with E-state index >= 15 is 0 Å². The predicted octanol–water partition coefficient (Wildman–Crippen LogP) is 7.12. The van der Waals surface area contributed by atoms with Crippen LogP contribution in [0.5, 0.6) is 0 Å². The molecule has 1 heterocycles. The van der Waals surface area contributed by atoms with Crippen LogP contribution in [0.1, 0.15) is 54.7 Å². The van der Waals surface area contributed by atoms with Gasteiger partial charge in [-0.2, -0.15) is 5.26 Å². The van der Waals surface area contributed by atoms with Crippen LogP contribution >= 0.6 is 0 Å². The molecule has 0 unspecified atom stereocenters. The summed E-state index contributed by atoms with van der Waals surface area (Å²) in [6, 6.07) is 15.4. The number of nitrogens with one attached hydrogen (secondary N) is 1. The molecule has 4 nitrogen and oxygen atoms in total. The lowest BCUT2D eigenvalue weighted by molar-refractivity contribution is 0.0757. The van der Waals surface area contributed by atoms with E-state index in [9.17, 15) is 18.8 Å². The minimum Gasteiger partial charge on any atom is -0.375 e. The number of fused-ring (bicyclic) bond motifs is 1. The molecule has 0 saturated carbocycles. The van der Waals surface area contributed by atoms with Crippen molar-refractivity contribution < 1.29 is 18.3 Å². The van der Waals surface area contributed by atoms with Gasteiger partial charge in [-0.15, -0.1) is 0 Å². The minimum atomic E-state index is -1.01. The molecule has 0 radical (unpaired) electrons. The van der Waals surface area contributed by atoms with Crippen LogP contribution in [0.3, 0.4) is 0 Å². The van der Waals surface area contributed by atoms with Crippen molar-refractivity contribution in [2.24, 2.45) is 0 Å². The van der Waals surface area contributed by atoms with Crippen LogP contribution in [0, 0.1) is 11.3 Å². The number of ether oxygens (including phenoxy) is 1. The van der Waals surface area contributed by atoms with Crippen LogP contribution in [-0.4, -0.2) is 19.1 Å². The number of amides is 1. The summed E-state index contributed by atoms with van der Waals surface area (Å²) in [7, 11) is 0. The Labute approximate surface area is 212 Å². The summed E-state index contributed by atoms with van der Waals surface area (Å²) >= 11 is 0. The fraction of sp³-hybridized carbons (Fsp3) is 0.267. The van der Waals surface area contributed by atoms with Crippen molar-refractivity contribution in [2.45, 2.75) is 39.7 Å². The van der Waals surface area contributed by atoms with Crippen LogP contribution < -0.4 is 5.32 Å². The molecular weight excluding hydrogens is 458 g/mol. The number of nitriles is 1. The number of nitrogens with zero attached hydrogens (tertiary/aromatic N) is 1. The van der Waals surface area contributed by atoms with Gasteiger partial charge >= 0.3 is 0 Å². The zero-order valence-electron chi connectivity index (χ0n) is 21.2. The lowest BCUT2D eigenvalue weighted by Crippen LogP contribution is -2.33. The highest BCUT2D eigenvalue weighted by molar-refractivity contribution is 5.94. The van der Waals surface area contributed by atoms with E-state index in [1.54, 1.807) is 56.3 Å². The Bertz CT molecular complexity index is 1220. The van der Waals surface area contributed by atoms with Gasteiger partial charge in [0.05, 0.1) is 19.3 Å². The van der Waals surface area contributed by atoms with Crippen molar-refractivity contribution >= 4 is 11.7 Å². The predicted molar refractivity (Wildman–Crippen MR) is 140 cm³/mol. The summed E-state index contributed by atoms with van der Waals surface area (Å²) in [5.74, 6) is -2.34. The monoisotopic (exact) mass is 490 g/mol. The van der Waals surface area contributed by atoms with E-state index in [2.05, 4.69) is 18.0 Å². The Kier molecular flexibility index (Phi) is 10.5. The molecule has 1 aliphatic rings. The lowest BCUT2D eigenvalue weighted by Gasteiger charge is -2.30. The Morgan fingerprint density at radius 2 is 1.89 bits per heavy atom. The second kappa shape index (κ2) is 13.3. The normalized spacial score (nSPS) is 17.8. The SMILES string of the molecule is C=C(/C=C(\C=C/C)C(/F)=C(\F)c1ccccc1)CNC(=O)c1ccc2c(c1)[C@](C)(C#N)COC2.CC. The number of allylic oxidation sites excluding steroid dienone is 4. The number of hydrogen-bond donors (Lipinski definition) is 1. The largest absolute Gasteiger partial charge is 0.375 e. The lowest BCUT2D eigenvalue weighted by atomic mass is 9.79. The molecule has 1 amide bonds. The third-order valence-electron chi connectivity index (χ3n) is 5.52. The first kappa shape index (κ1) is 28.4. The van der Waals surface area contributed by atoms with Gasteiger partial charge in [-0.05, 0) is 48.8 Å². The van der Waals surface area contributed by atoms with Gasteiger partial charge in [0.2, 0.25) is 0 Å². The smallest absolute Gasteiger partial charge is 0.251 e. The van der Waals surface area contributed by atoms with Crippen molar-refractivity contribution in [1.29, 1.82) is 5.26 Å². The van der Waals surface area contributed by atoms with Crippen molar-refractivity contribution in [3.8, 4) is 6.07 Å². The van der Waals surface area contributed by atoms with Gasteiger partial charge in [-0.25, -0.2) is 8.78 Å². The zero-order chi connectivity index (χ0) is 26.7. The van der Waals surface area contributed by atoms with Crippen LogP contribution in [0.25, 0.3) is 5.83 Å². The summed E-state index contributed by atoms with van der Waals surface area (Å²) in [4.78, 5) is 12.7. The average Bonchev–Trinajstić information content (AvgIpc) is 2.92. The van der Waals surface area contributed by atoms with Crippen LogP contribution in [0.15, 0.2) is 90.3 Å². The molecule has 2 aromatic rings. The van der Waals surface area contributed by atoms with Gasteiger partial charge in [0.25, 0.3) is 5.91 Å². The quantitative estimate of drug-likeness (QED) is 0.420. The molecule has 0 saturated heterocycles. The first-order chi connectivity index (χ1) is 17.3. The van der Waals surface area contributed by atoms with Crippen molar-refractivity contribution in [2.75, 3.05) is 13.2 Å². The Hall–Kier alpha value is -3.82. The second-order valence-electron chi connectivity index (χ2n) is 8.24. The molecule has 0 fully saturated rings. The first-order valence-corrected chi connectivity index (χ1v) is 11.8. The summed E-state index contributed by atoms with van der Waals surface area (Å²) < 4.78 is 35.0. The summed E-state index contributed by atoms with van der Waals surface area (Å²) in [6.45, 7) is 12.0. The van der Waals surface area contributed by atoms with E-state index in [4.69, 9.17) is 4.74 Å². The molecule has 3 rings (SSSR count). The number of halogens is 2. The molecule has 0 aromatic heterocycles. The number of benzene rings is 2. The molecule has 0 spiro atoms. The van der Waals surface area contributed by atoms with E-state index in [1.807, 2.05) is 13.8 Å². The fourth-order valence-electron chi connectivity index (χ4n) is 3.66. The number of carbonyl (C=O) groups excluding carboxylic acids is 1. The molecule has 188 valence electrons. The van der Waals surface area contributed by atoms with Crippen LogP contribution in [0.4, 0.5) is 8.78 Å². The van der Waals surface area contributed by atoms with Crippen molar-refractivity contribution in [1.82, 2.24) is 5.32 Å². The van der Waals surface area contributed by atoms with Gasteiger partial charge in [0, 0.05) is 23.2 Å². The highest BCUT2D eigenvalue weighted by atomic mass is 19.2.